The zero-order valence-corrected chi connectivity index (χ0v) is 24.2. The number of nitrogens with one attached hydrogen (secondary N) is 5. The van der Waals surface area contributed by atoms with Crippen molar-refractivity contribution in [3.8, 4) is 0 Å². The molecule has 0 aromatic carbocycles. The molecule has 43 heavy (non-hydrogen) atoms. The van der Waals surface area contributed by atoms with E-state index in [0.29, 0.717) is 6.42 Å². The third-order valence-electron chi connectivity index (χ3n) is 5.79. The molecule has 0 aromatic rings. The van der Waals surface area contributed by atoms with Gasteiger partial charge in [0.15, 0.2) is 0 Å². The van der Waals surface area contributed by atoms with Crippen LogP contribution in [0.15, 0.2) is 12.2 Å². The smallest absolute Gasteiger partial charge is 0.407 e. The second kappa shape index (κ2) is 20.1. The Balaban J connectivity index is 2.47. The van der Waals surface area contributed by atoms with Crippen molar-refractivity contribution in [2.75, 3.05) is 54.1 Å². The third kappa shape index (κ3) is 14.5. The van der Waals surface area contributed by atoms with Crippen LogP contribution in [0.3, 0.4) is 0 Å². The lowest BCUT2D eigenvalue weighted by Gasteiger charge is -2.19. The summed E-state index contributed by atoms with van der Waals surface area (Å²) in [6.45, 7) is -0.137. The average molecular weight is 615 g/mol. The fraction of sp³-hybridized carbons (Fsp3) is 0.600. The van der Waals surface area contributed by atoms with E-state index in [0.717, 1.165) is 31.3 Å². The van der Waals surface area contributed by atoms with Crippen LogP contribution >= 0.6 is 0 Å². The van der Waals surface area contributed by atoms with Crippen molar-refractivity contribution in [1.29, 1.82) is 0 Å². The van der Waals surface area contributed by atoms with Gasteiger partial charge in [0.1, 0.15) is 18.7 Å². The summed E-state index contributed by atoms with van der Waals surface area (Å²) < 4.78 is 18.6. The molecule has 0 bridgehead atoms. The number of alkyl carbamates (subject to hydrolysis) is 3. The van der Waals surface area contributed by atoms with E-state index in [1.165, 1.54) is 7.11 Å². The van der Waals surface area contributed by atoms with E-state index in [9.17, 15) is 38.4 Å². The number of rotatable bonds is 18. The van der Waals surface area contributed by atoms with Gasteiger partial charge in [0, 0.05) is 31.8 Å². The van der Waals surface area contributed by atoms with Crippen molar-refractivity contribution in [1.82, 2.24) is 31.5 Å². The van der Waals surface area contributed by atoms with Gasteiger partial charge in [-0.15, -0.1) is 0 Å². The predicted molar refractivity (Wildman–Crippen MR) is 145 cm³/mol. The first-order valence-corrected chi connectivity index (χ1v) is 13.3. The molecular weight excluding hydrogens is 576 g/mol. The highest BCUT2D eigenvalue weighted by molar-refractivity contribution is 6.13. The Hall–Kier alpha value is -4.90. The van der Waals surface area contributed by atoms with Crippen molar-refractivity contribution < 1.29 is 57.3 Å². The van der Waals surface area contributed by atoms with Gasteiger partial charge in [0.05, 0.1) is 34.3 Å². The molecule has 0 aliphatic carbocycles. The maximum atomic E-state index is 12.6. The van der Waals surface area contributed by atoms with Gasteiger partial charge in [0.25, 0.3) is 11.8 Å². The minimum atomic E-state index is -1.05. The maximum Gasteiger partial charge on any atom is 0.407 e. The molecule has 18 nitrogen and oxygen atoms in total. The molecule has 2 atom stereocenters. The van der Waals surface area contributed by atoms with E-state index in [2.05, 4.69) is 40.8 Å². The van der Waals surface area contributed by atoms with E-state index in [-0.39, 0.29) is 58.5 Å². The van der Waals surface area contributed by atoms with Crippen LogP contribution in [0.5, 0.6) is 0 Å². The molecule has 0 spiro atoms. The van der Waals surface area contributed by atoms with E-state index < -0.39 is 60.0 Å². The molecule has 7 amide bonds. The molecule has 0 aromatic heterocycles. The molecule has 0 saturated heterocycles. The molecule has 0 saturated carbocycles. The number of methoxy groups -OCH3 is 3. The van der Waals surface area contributed by atoms with E-state index >= 15 is 0 Å². The Kier molecular flexibility index (Phi) is 16.8. The molecule has 1 heterocycles. The highest BCUT2D eigenvalue weighted by Gasteiger charge is 2.25. The number of carbonyl (C=O) groups excluding carboxylic acids is 8. The highest BCUT2D eigenvalue weighted by Crippen LogP contribution is 2.05. The topological polar surface area (TPSA) is 237 Å². The Morgan fingerprint density at radius 1 is 0.698 bits per heavy atom. The number of nitrogens with zero attached hydrogens (tertiary/aromatic N) is 1. The summed E-state index contributed by atoms with van der Waals surface area (Å²) in [6, 6.07) is -2.01. The first kappa shape index (κ1) is 36.1. The lowest BCUT2D eigenvalue weighted by atomic mass is 10.1. The van der Waals surface area contributed by atoms with Crippen LogP contribution < -0.4 is 26.6 Å². The molecule has 1 aliphatic rings. The van der Waals surface area contributed by atoms with Gasteiger partial charge in [-0.1, -0.05) is 0 Å². The molecular formula is C25H38N6O12. The summed E-state index contributed by atoms with van der Waals surface area (Å²) in [4.78, 5) is 95.5. The Morgan fingerprint density at radius 2 is 1.16 bits per heavy atom. The number of carbonyl (C=O) groups is 8. The second-order valence-corrected chi connectivity index (χ2v) is 8.79. The Morgan fingerprint density at radius 3 is 1.65 bits per heavy atom. The summed E-state index contributed by atoms with van der Waals surface area (Å²) in [7, 11) is 3.48. The summed E-state index contributed by atoms with van der Waals surface area (Å²) >= 11 is 0. The largest absolute Gasteiger partial charge is 0.464 e. The Bertz CT molecular complexity index is 1030. The number of amides is 7. The first-order chi connectivity index (χ1) is 20.5. The van der Waals surface area contributed by atoms with Gasteiger partial charge >= 0.3 is 24.2 Å². The molecule has 2 unspecified atom stereocenters. The molecule has 1 rings (SSSR count). The molecule has 18 heteroatoms. The summed E-state index contributed by atoms with van der Waals surface area (Å²) in [5, 5.41) is 12.4. The molecule has 1 aliphatic heterocycles. The van der Waals surface area contributed by atoms with Gasteiger partial charge in [-0.25, -0.2) is 14.4 Å². The van der Waals surface area contributed by atoms with Crippen molar-refractivity contribution in [3.63, 3.8) is 0 Å². The monoisotopic (exact) mass is 614 g/mol. The lowest BCUT2D eigenvalue weighted by molar-refractivity contribution is -0.145. The van der Waals surface area contributed by atoms with Crippen LogP contribution in [0.2, 0.25) is 0 Å². The van der Waals surface area contributed by atoms with Crippen molar-refractivity contribution >= 4 is 47.9 Å². The van der Waals surface area contributed by atoms with Gasteiger partial charge in [0.2, 0.25) is 11.8 Å². The molecule has 5 N–H and O–H groups in total. The van der Waals surface area contributed by atoms with Crippen LogP contribution in [-0.2, 0) is 42.9 Å². The minimum Gasteiger partial charge on any atom is -0.464 e. The van der Waals surface area contributed by atoms with Gasteiger partial charge in [-0.2, -0.15) is 0 Å². The summed E-state index contributed by atoms with van der Waals surface area (Å²) in [5.41, 5.74) is 0. The van der Waals surface area contributed by atoms with Crippen LogP contribution in [0.1, 0.15) is 32.1 Å². The first-order valence-electron chi connectivity index (χ1n) is 13.3. The maximum absolute atomic E-state index is 12.6. The van der Waals surface area contributed by atoms with Crippen molar-refractivity contribution in [3.05, 3.63) is 12.2 Å². The summed E-state index contributed by atoms with van der Waals surface area (Å²) in [5.74, 6) is -2.84. The minimum absolute atomic E-state index is 0.0837. The molecule has 0 radical (unpaired) electrons. The van der Waals surface area contributed by atoms with E-state index in [1.54, 1.807) is 0 Å². The van der Waals surface area contributed by atoms with E-state index in [4.69, 9.17) is 4.74 Å². The molecule has 240 valence electrons. The SMILES string of the molecule is COC(=O)NCCCC(NC(=O)OC)C(=O)NCCCC(NC(=O)OC)C(=O)NCCOC(=O)CCN1C(=O)C=CC1=O. The second-order valence-electron chi connectivity index (χ2n) is 8.79. The lowest BCUT2D eigenvalue weighted by Crippen LogP contribution is -2.49. The van der Waals surface area contributed by atoms with Gasteiger partial charge in [-0.3, -0.25) is 28.9 Å². The zero-order chi connectivity index (χ0) is 32.2. The van der Waals surface area contributed by atoms with Gasteiger partial charge < -0.3 is 45.5 Å². The van der Waals surface area contributed by atoms with Crippen LogP contribution in [0.25, 0.3) is 0 Å². The van der Waals surface area contributed by atoms with Crippen molar-refractivity contribution in [2.24, 2.45) is 0 Å². The van der Waals surface area contributed by atoms with Crippen LogP contribution in [0.4, 0.5) is 14.4 Å². The normalized spacial score (nSPS) is 13.3. The van der Waals surface area contributed by atoms with Gasteiger partial charge in [-0.05, 0) is 25.7 Å². The summed E-state index contributed by atoms with van der Waals surface area (Å²) in [6.07, 6.45) is 0.514. The third-order valence-corrected chi connectivity index (χ3v) is 5.79. The standard InChI is InChI=1S/C25H38N6O12/c1-40-23(37)28-12-5-7-16(29-24(38)41-2)21(35)26-11-4-6-17(30-25(39)42-3)22(36)27-13-15-43-20(34)10-14-31-18(32)8-9-19(31)33/h8-9,16-17H,4-7,10-15H2,1-3H3,(H,26,35)(H,27,36)(H,28,37)(H,29,38)(H,30,39). The fourth-order valence-corrected chi connectivity index (χ4v) is 3.54. The number of hydrogen-bond donors (Lipinski definition) is 5. The number of esters is 1. The number of hydrogen-bond acceptors (Lipinski definition) is 12. The fourth-order valence-electron chi connectivity index (χ4n) is 3.54. The number of ether oxygens (including phenoxy) is 4. The quantitative estimate of drug-likeness (QED) is 0.0510. The van der Waals surface area contributed by atoms with Crippen LogP contribution in [0, 0.1) is 0 Å². The number of imide groups is 1. The molecule has 0 fully saturated rings. The van der Waals surface area contributed by atoms with Crippen LogP contribution in [-0.4, -0.2) is 119 Å². The van der Waals surface area contributed by atoms with Crippen molar-refractivity contribution in [2.45, 2.75) is 44.2 Å². The predicted octanol–water partition coefficient (Wildman–Crippen LogP) is -1.56. The zero-order valence-electron chi connectivity index (χ0n) is 24.2. The highest BCUT2D eigenvalue weighted by atomic mass is 16.5. The Labute approximate surface area is 247 Å². The van der Waals surface area contributed by atoms with E-state index in [1.807, 2.05) is 0 Å². The average Bonchev–Trinajstić information content (AvgIpc) is 3.32.